The Kier molecular flexibility index (Phi) is 8.63. The molecule has 8 nitrogen and oxygen atoms in total. The third kappa shape index (κ3) is 6.35. The molecule has 178 valence electrons. The largest absolute Gasteiger partial charge is 0.502 e. The highest BCUT2D eigenvalue weighted by Gasteiger charge is 2.16. The van der Waals surface area contributed by atoms with Gasteiger partial charge in [-0.05, 0) is 75.6 Å². The van der Waals surface area contributed by atoms with E-state index in [1.165, 1.54) is 0 Å². The summed E-state index contributed by atoms with van der Waals surface area (Å²) in [4.78, 5) is 19.5. The maximum atomic E-state index is 11.4. The highest BCUT2D eigenvalue weighted by Crippen LogP contribution is 2.34. The van der Waals surface area contributed by atoms with E-state index in [-0.39, 0.29) is 12.1 Å². The fourth-order valence-electron chi connectivity index (χ4n) is 3.35. The Morgan fingerprint density at radius 3 is 2.71 bits per heavy atom. The fourth-order valence-corrected chi connectivity index (χ4v) is 3.35. The zero-order valence-corrected chi connectivity index (χ0v) is 20.0. The van der Waals surface area contributed by atoms with Crippen molar-refractivity contribution in [3.63, 3.8) is 0 Å². The van der Waals surface area contributed by atoms with Gasteiger partial charge in [-0.1, -0.05) is 12.1 Å². The van der Waals surface area contributed by atoms with Crippen molar-refractivity contribution < 1.29 is 23.5 Å². The first kappa shape index (κ1) is 24.8. The van der Waals surface area contributed by atoms with Gasteiger partial charge in [0.15, 0.2) is 0 Å². The molecule has 3 aromatic rings. The summed E-state index contributed by atoms with van der Waals surface area (Å²) < 4.78 is 21.9. The van der Waals surface area contributed by atoms with E-state index >= 15 is 0 Å². The molecule has 0 radical (unpaired) electrons. The summed E-state index contributed by atoms with van der Waals surface area (Å²) in [5, 5.41) is 4.15. The minimum absolute atomic E-state index is 0.0293. The number of rotatable bonds is 11. The van der Waals surface area contributed by atoms with Crippen molar-refractivity contribution in [2.45, 2.75) is 53.1 Å². The highest BCUT2D eigenvalue weighted by molar-refractivity contribution is 5.70. The summed E-state index contributed by atoms with van der Waals surface area (Å²) >= 11 is 0. The summed E-state index contributed by atoms with van der Waals surface area (Å²) in [6.45, 7) is 15.9. The van der Waals surface area contributed by atoms with E-state index in [2.05, 4.69) is 15.0 Å². The monoisotopic (exact) mass is 463 g/mol. The van der Waals surface area contributed by atoms with E-state index in [0.29, 0.717) is 54.8 Å². The number of hydrogen-bond donors (Lipinski definition) is 0. The molecule has 0 unspecified atom stereocenters. The lowest BCUT2D eigenvalue weighted by Gasteiger charge is -2.11. The highest BCUT2D eigenvalue weighted by atomic mass is 16.5. The lowest BCUT2D eigenvalue weighted by molar-refractivity contribution is -0.143. The second kappa shape index (κ2) is 11.8. The minimum atomic E-state index is -0.214. The minimum Gasteiger partial charge on any atom is -0.502 e. The van der Waals surface area contributed by atoms with Crippen LogP contribution in [-0.2, 0) is 16.0 Å². The van der Waals surface area contributed by atoms with Crippen LogP contribution in [0.2, 0.25) is 0 Å². The van der Waals surface area contributed by atoms with Crippen molar-refractivity contribution in [2.75, 3.05) is 13.2 Å². The number of esters is 1. The van der Waals surface area contributed by atoms with Gasteiger partial charge < -0.3 is 18.7 Å². The van der Waals surface area contributed by atoms with Gasteiger partial charge in [-0.25, -0.2) is 4.85 Å². The van der Waals surface area contributed by atoms with Crippen LogP contribution >= 0.6 is 0 Å². The molecule has 0 aliphatic carbocycles. The third-order valence-corrected chi connectivity index (χ3v) is 4.91. The van der Waals surface area contributed by atoms with Gasteiger partial charge in [-0.2, -0.15) is 4.98 Å². The van der Waals surface area contributed by atoms with Crippen LogP contribution in [0.3, 0.4) is 0 Å². The molecule has 0 aliphatic heterocycles. The summed E-state index contributed by atoms with van der Waals surface area (Å²) in [6.07, 6.45) is 1.64. The van der Waals surface area contributed by atoms with Gasteiger partial charge in [0.1, 0.15) is 11.5 Å². The van der Waals surface area contributed by atoms with Gasteiger partial charge in [0.2, 0.25) is 11.5 Å². The second-order valence-electron chi connectivity index (χ2n) is 7.81. The molecule has 0 N–H and O–H groups in total. The van der Waals surface area contributed by atoms with Gasteiger partial charge >= 0.3 is 5.97 Å². The van der Waals surface area contributed by atoms with Crippen LogP contribution in [0.5, 0.6) is 11.5 Å². The van der Waals surface area contributed by atoms with Crippen molar-refractivity contribution in [3.05, 3.63) is 53.4 Å². The number of nitrogens with zero attached hydrogens (tertiary/aromatic N) is 3. The van der Waals surface area contributed by atoms with Crippen LogP contribution in [-0.4, -0.2) is 35.4 Å². The van der Waals surface area contributed by atoms with Crippen molar-refractivity contribution in [1.82, 2.24) is 10.1 Å². The summed E-state index contributed by atoms with van der Waals surface area (Å²) in [5.41, 5.74) is 2.91. The number of hydrogen-bond acceptors (Lipinski definition) is 7. The molecule has 0 saturated carbocycles. The van der Waals surface area contributed by atoms with Crippen LogP contribution in [0.25, 0.3) is 27.7 Å². The number of aryl methyl sites for hydroxylation is 1. The van der Waals surface area contributed by atoms with Crippen molar-refractivity contribution in [1.29, 1.82) is 0 Å². The first-order valence-electron chi connectivity index (χ1n) is 11.4. The van der Waals surface area contributed by atoms with E-state index < -0.39 is 0 Å². The van der Waals surface area contributed by atoms with Gasteiger partial charge in [-0.3, -0.25) is 4.79 Å². The van der Waals surface area contributed by atoms with Gasteiger partial charge in [0, 0.05) is 17.5 Å². The van der Waals surface area contributed by atoms with E-state index in [4.69, 9.17) is 25.3 Å². The molecule has 0 saturated heterocycles. The molecule has 8 heteroatoms. The average molecular weight is 464 g/mol. The van der Waals surface area contributed by atoms with Gasteiger partial charge in [-0.15, -0.1) is 0 Å². The quantitative estimate of drug-likeness (QED) is 0.195. The Balaban J connectivity index is 1.73. The normalized spacial score (nSPS) is 10.7. The number of carbonyl (C=O) groups excluding carboxylic acids is 1. The summed E-state index contributed by atoms with van der Waals surface area (Å²) in [6, 6.07) is 10.9. The van der Waals surface area contributed by atoms with E-state index in [1.54, 1.807) is 25.1 Å². The smallest absolute Gasteiger partial charge is 0.305 e. The van der Waals surface area contributed by atoms with Crippen LogP contribution in [0.4, 0.5) is 5.69 Å². The van der Waals surface area contributed by atoms with Gasteiger partial charge in [0.25, 0.3) is 5.89 Å². The van der Waals surface area contributed by atoms with Crippen molar-refractivity contribution in [3.8, 4) is 34.3 Å². The third-order valence-electron chi connectivity index (χ3n) is 4.91. The maximum Gasteiger partial charge on any atom is 0.305 e. The number of ether oxygens (including phenoxy) is 3. The molecule has 34 heavy (non-hydrogen) atoms. The Hall–Kier alpha value is -3.86. The Bertz CT molecular complexity index is 1160. The molecule has 0 spiro atoms. The SMILES string of the molecule is [C-]#[N+]c1cc(-c2nc(-c3ccc(OCCCC(=O)OCC)cc3CC)no2)ccc1OC(C)C. The lowest BCUT2D eigenvalue weighted by Crippen LogP contribution is -2.06. The van der Waals surface area contributed by atoms with Crippen molar-refractivity contribution >= 4 is 11.7 Å². The Morgan fingerprint density at radius 2 is 2.00 bits per heavy atom. The Labute approximate surface area is 199 Å². The number of benzene rings is 2. The molecule has 3 rings (SSSR count). The lowest BCUT2D eigenvalue weighted by atomic mass is 10.0. The van der Waals surface area contributed by atoms with Crippen molar-refractivity contribution in [2.24, 2.45) is 0 Å². The zero-order valence-electron chi connectivity index (χ0n) is 20.0. The summed E-state index contributed by atoms with van der Waals surface area (Å²) in [7, 11) is 0. The molecule has 0 aliphatic rings. The molecule has 2 aromatic carbocycles. The molecule has 1 heterocycles. The molecular formula is C26H29N3O5. The molecule has 0 fully saturated rings. The van der Waals surface area contributed by atoms with Crippen LogP contribution in [0.15, 0.2) is 40.9 Å². The fraction of sp³-hybridized carbons (Fsp3) is 0.385. The Morgan fingerprint density at radius 1 is 1.18 bits per heavy atom. The molecule has 0 bridgehead atoms. The van der Waals surface area contributed by atoms with Crippen LogP contribution < -0.4 is 9.47 Å². The van der Waals surface area contributed by atoms with Gasteiger partial charge in [0.05, 0.1) is 25.9 Å². The molecule has 0 amide bonds. The predicted molar refractivity (Wildman–Crippen MR) is 128 cm³/mol. The first-order chi connectivity index (χ1) is 16.4. The maximum absolute atomic E-state index is 11.4. The molecule has 1 aromatic heterocycles. The number of carbonyl (C=O) groups is 1. The average Bonchev–Trinajstić information content (AvgIpc) is 3.32. The standard InChI is InChI=1S/C26H29N3O5/c1-6-18-15-20(32-14-8-9-24(30)31-7-2)11-12-21(18)25-28-26(34-29-25)19-10-13-23(33-17(3)4)22(16-19)27-5/h10-13,15-17H,6-9,14H2,1-4H3. The molecule has 0 atom stereocenters. The molecular weight excluding hydrogens is 434 g/mol. The predicted octanol–water partition coefficient (Wildman–Crippen LogP) is 6.03. The van der Waals surface area contributed by atoms with E-state index in [0.717, 1.165) is 23.3 Å². The summed E-state index contributed by atoms with van der Waals surface area (Å²) in [5.74, 6) is 1.83. The number of aromatic nitrogens is 2. The van der Waals surface area contributed by atoms with E-state index in [1.807, 2.05) is 39.0 Å². The zero-order chi connectivity index (χ0) is 24.5. The first-order valence-corrected chi connectivity index (χ1v) is 11.4. The topological polar surface area (TPSA) is 88.0 Å². The van der Waals surface area contributed by atoms with Crippen LogP contribution in [0.1, 0.15) is 46.1 Å². The van der Waals surface area contributed by atoms with E-state index in [9.17, 15) is 4.79 Å². The van der Waals surface area contributed by atoms with Crippen LogP contribution in [0, 0.1) is 6.57 Å². The second-order valence-corrected chi connectivity index (χ2v) is 7.81.